The van der Waals surface area contributed by atoms with Gasteiger partial charge in [-0.3, -0.25) is 14.4 Å². The van der Waals surface area contributed by atoms with Crippen LogP contribution in [0.4, 0.5) is 16.2 Å². The molecule has 0 atom stereocenters. The number of halogens is 1. The van der Waals surface area contributed by atoms with E-state index in [9.17, 15) is 14.4 Å². The number of imide groups is 1. The highest BCUT2D eigenvalue weighted by Gasteiger charge is 2.36. The second-order valence-corrected chi connectivity index (χ2v) is 8.99. The van der Waals surface area contributed by atoms with Crippen molar-refractivity contribution < 1.29 is 23.9 Å². The van der Waals surface area contributed by atoms with E-state index in [4.69, 9.17) is 21.1 Å². The van der Waals surface area contributed by atoms with Gasteiger partial charge in [-0.15, -0.1) is 0 Å². The third kappa shape index (κ3) is 5.67. The van der Waals surface area contributed by atoms with Crippen molar-refractivity contribution in [3.8, 4) is 11.5 Å². The molecule has 3 amide bonds. The third-order valence-corrected chi connectivity index (χ3v) is 6.26. The lowest BCUT2D eigenvalue weighted by atomic mass is 10.1. The fourth-order valence-electron chi connectivity index (χ4n) is 3.37. The van der Waals surface area contributed by atoms with E-state index in [0.29, 0.717) is 27.8 Å². The van der Waals surface area contributed by atoms with E-state index in [2.05, 4.69) is 5.32 Å². The Morgan fingerprint density at radius 1 is 1.06 bits per heavy atom. The Balaban J connectivity index is 1.45. The average Bonchev–Trinajstić information content (AvgIpc) is 3.12. The second kappa shape index (κ2) is 10.7. The maximum atomic E-state index is 12.9. The molecule has 0 saturated carbocycles. The number of rotatable bonds is 7. The van der Waals surface area contributed by atoms with E-state index in [0.717, 1.165) is 27.9 Å². The number of nitrogens with zero attached hydrogens (tertiary/aromatic N) is 1. The molecule has 7 nitrogen and oxygen atoms in total. The number of methoxy groups -OCH3 is 1. The molecular formula is C26H21ClN2O5S. The smallest absolute Gasteiger partial charge is 0.298 e. The highest BCUT2D eigenvalue weighted by molar-refractivity contribution is 8.19. The Labute approximate surface area is 211 Å². The van der Waals surface area contributed by atoms with Gasteiger partial charge in [0.2, 0.25) is 0 Å². The van der Waals surface area contributed by atoms with Gasteiger partial charge in [0, 0.05) is 10.7 Å². The number of amides is 3. The number of para-hydroxylation sites is 1. The van der Waals surface area contributed by atoms with Gasteiger partial charge in [-0.05, 0) is 78.4 Å². The Morgan fingerprint density at radius 2 is 1.80 bits per heavy atom. The number of anilines is 2. The number of hydrogen-bond acceptors (Lipinski definition) is 6. The van der Waals surface area contributed by atoms with Crippen molar-refractivity contribution in [2.45, 2.75) is 6.92 Å². The van der Waals surface area contributed by atoms with Crippen LogP contribution in [0, 0.1) is 6.92 Å². The Kier molecular flexibility index (Phi) is 7.43. The molecule has 0 bridgehead atoms. The fraction of sp³-hybridized carbons (Fsp3) is 0.115. The molecule has 1 heterocycles. The molecule has 0 unspecified atom stereocenters. The number of carbonyl (C=O) groups excluding carboxylic acids is 3. The van der Waals surface area contributed by atoms with Crippen molar-refractivity contribution in [3.05, 3.63) is 87.8 Å². The zero-order chi connectivity index (χ0) is 24.9. The first-order valence-corrected chi connectivity index (χ1v) is 11.7. The first kappa shape index (κ1) is 24.4. The van der Waals surface area contributed by atoms with Crippen molar-refractivity contribution >= 4 is 57.9 Å². The Hall–Kier alpha value is -3.75. The molecule has 9 heteroatoms. The molecule has 178 valence electrons. The second-order valence-electron chi connectivity index (χ2n) is 7.56. The van der Waals surface area contributed by atoms with Crippen LogP contribution >= 0.6 is 23.4 Å². The van der Waals surface area contributed by atoms with Crippen molar-refractivity contribution in [1.82, 2.24) is 0 Å². The topological polar surface area (TPSA) is 84.9 Å². The molecular weight excluding hydrogens is 488 g/mol. The molecule has 1 fully saturated rings. The van der Waals surface area contributed by atoms with Crippen LogP contribution in [-0.4, -0.2) is 30.8 Å². The van der Waals surface area contributed by atoms with Crippen LogP contribution in [0.2, 0.25) is 5.02 Å². The lowest BCUT2D eigenvalue weighted by Crippen LogP contribution is -2.27. The predicted octanol–water partition coefficient (Wildman–Crippen LogP) is 5.92. The summed E-state index contributed by atoms with van der Waals surface area (Å²) in [7, 11) is 1.48. The van der Waals surface area contributed by atoms with Gasteiger partial charge < -0.3 is 14.8 Å². The average molecular weight is 509 g/mol. The van der Waals surface area contributed by atoms with Crippen LogP contribution in [0.5, 0.6) is 11.5 Å². The van der Waals surface area contributed by atoms with E-state index < -0.39 is 11.1 Å². The molecule has 1 N–H and O–H groups in total. The first-order chi connectivity index (χ1) is 16.9. The number of benzene rings is 3. The Bertz CT molecular complexity index is 1320. The number of thioether (sulfide) groups is 1. The zero-order valence-corrected chi connectivity index (χ0v) is 20.5. The summed E-state index contributed by atoms with van der Waals surface area (Å²) in [6.07, 6.45) is 1.61. The summed E-state index contributed by atoms with van der Waals surface area (Å²) in [5, 5.41) is 2.93. The van der Waals surface area contributed by atoms with Gasteiger partial charge >= 0.3 is 0 Å². The number of carbonyl (C=O) groups is 3. The summed E-state index contributed by atoms with van der Waals surface area (Å²) < 4.78 is 11.0. The van der Waals surface area contributed by atoms with Gasteiger partial charge in [0.15, 0.2) is 18.1 Å². The van der Waals surface area contributed by atoms with Crippen molar-refractivity contribution in [2.75, 3.05) is 23.9 Å². The maximum absolute atomic E-state index is 12.9. The first-order valence-electron chi connectivity index (χ1n) is 10.6. The van der Waals surface area contributed by atoms with E-state index in [1.54, 1.807) is 48.5 Å². The highest BCUT2D eigenvalue weighted by Crippen LogP contribution is 2.37. The van der Waals surface area contributed by atoms with E-state index in [-0.39, 0.29) is 17.4 Å². The van der Waals surface area contributed by atoms with Gasteiger partial charge in [-0.25, -0.2) is 4.90 Å². The van der Waals surface area contributed by atoms with E-state index in [1.807, 2.05) is 31.2 Å². The molecule has 3 aromatic carbocycles. The SMILES string of the molecule is COc1cc(/C=C2/SC(=O)N(c3ccc(Cl)cc3)C2=O)ccc1OCC(=O)Nc1ccccc1C. The van der Waals surface area contributed by atoms with Crippen molar-refractivity contribution in [3.63, 3.8) is 0 Å². The molecule has 1 aliphatic rings. The number of aryl methyl sites for hydroxylation is 1. The van der Waals surface area contributed by atoms with Crippen LogP contribution in [-0.2, 0) is 9.59 Å². The maximum Gasteiger partial charge on any atom is 0.298 e. The van der Waals surface area contributed by atoms with Gasteiger partial charge in [-0.2, -0.15) is 0 Å². The third-order valence-electron chi connectivity index (χ3n) is 5.14. The summed E-state index contributed by atoms with van der Waals surface area (Å²) in [6, 6.07) is 19.0. The van der Waals surface area contributed by atoms with Gasteiger partial charge in [0.25, 0.3) is 17.1 Å². The quantitative estimate of drug-likeness (QED) is 0.399. The highest BCUT2D eigenvalue weighted by atomic mass is 35.5. The predicted molar refractivity (Wildman–Crippen MR) is 138 cm³/mol. The minimum absolute atomic E-state index is 0.204. The van der Waals surface area contributed by atoms with Gasteiger partial charge in [-0.1, -0.05) is 35.9 Å². The van der Waals surface area contributed by atoms with Crippen molar-refractivity contribution in [2.24, 2.45) is 0 Å². The summed E-state index contributed by atoms with van der Waals surface area (Å²) in [4.78, 5) is 39.0. The monoisotopic (exact) mass is 508 g/mol. The molecule has 0 aliphatic carbocycles. The zero-order valence-electron chi connectivity index (χ0n) is 18.9. The molecule has 0 spiro atoms. The van der Waals surface area contributed by atoms with E-state index in [1.165, 1.54) is 7.11 Å². The number of nitrogens with one attached hydrogen (secondary N) is 1. The van der Waals surface area contributed by atoms with Gasteiger partial charge in [0.1, 0.15) is 0 Å². The lowest BCUT2D eigenvalue weighted by Gasteiger charge is -2.13. The number of hydrogen-bond donors (Lipinski definition) is 1. The minimum Gasteiger partial charge on any atom is -0.493 e. The molecule has 0 radical (unpaired) electrons. The molecule has 0 aromatic heterocycles. The van der Waals surface area contributed by atoms with Gasteiger partial charge in [0.05, 0.1) is 17.7 Å². The summed E-state index contributed by atoms with van der Waals surface area (Å²) in [5.74, 6) is 0.0361. The summed E-state index contributed by atoms with van der Waals surface area (Å²) >= 11 is 6.75. The molecule has 1 saturated heterocycles. The van der Waals surface area contributed by atoms with Crippen LogP contribution in [0.15, 0.2) is 71.6 Å². The van der Waals surface area contributed by atoms with Crippen LogP contribution < -0.4 is 19.7 Å². The lowest BCUT2D eigenvalue weighted by molar-refractivity contribution is -0.118. The largest absolute Gasteiger partial charge is 0.493 e. The van der Waals surface area contributed by atoms with Crippen LogP contribution in [0.3, 0.4) is 0 Å². The normalized spacial score (nSPS) is 14.4. The summed E-state index contributed by atoms with van der Waals surface area (Å²) in [6.45, 7) is 1.70. The van der Waals surface area contributed by atoms with E-state index >= 15 is 0 Å². The summed E-state index contributed by atoms with van der Waals surface area (Å²) in [5.41, 5.74) is 2.75. The fourth-order valence-corrected chi connectivity index (χ4v) is 4.34. The Morgan fingerprint density at radius 3 is 2.51 bits per heavy atom. The molecule has 4 rings (SSSR count). The number of ether oxygens (including phenoxy) is 2. The molecule has 3 aromatic rings. The molecule has 1 aliphatic heterocycles. The molecule has 35 heavy (non-hydrogen) atoms. The standard InChI is InChI=1S/C26H21ClN2O5S/c1-16-5-3-4-6-20(16)28-24(30)15-34-21-12-7-17(13-22(21)33-2)14-23-25(31)29(26(32)35-23)19-10-8-18(27)9-11-19/h3-14H,15H2,1-2H3,(H,28,30)/b23-14+. The van der Waals surface area contributed by atoms with Crippen molar-refractivity contribution in [1.29, 1.82) is 0 Å². The van der Waals surface area contributed by atoms with Crippen LogP contribution in [0.1, 0.15) is 11.1 Å². The van der Waals surface area contributed by atoms with Crippen LogP contribution in [0.25, 0.3) is 6.08 Å². The minimum atomic E-state index is -0.422.